The first-order chi connectivity index (χ1) is 21.8. The third kappa shape index (κ3) is 3.88. The van der Waals surface area contributed by atoms with Crippen LogP contribution in [0, 0.1) is 0 Å². The van der Waals surface area contributed by atoms with E-state index in [4.69, 9.17) is 0 Å². The summed E-state index contributed by atoms with van der Waals surface area (Å²) in [5.74, 6) is 0.355. The van der Waals surface area contributed by atoms with Crippen molar-refractivity contribution >= 4 is 33.2 Å². The van der Waals surface area contributed by atoms with E-state index in [2.05, 4.69) is 179 Å². The highest BCUT2D eigenvalue weighted by atomic mass is 15.2. The second kappa shape index (κ2) is 10.00. The third-order valence-electron chi connectivity index (χ3n) is 9.33. The van der Waals surface area contributed by atoms with Crippen LogP contribution in [0.15, 0.2) is 170 Å². The molecule has 2 heteroatoms. The Labute approximate surface area is 257 Å². The summed E-state index contributed by atoms with van der Waals surface area (Å²) < 4.78 is 2.41. The predicted octanol–water partition coefficient (Wildman–Crippen LogP) is 10.8. The quantitative estimate of drug-likeness (QED) is 0.207. The molecule has 2 heterocycles. The average molecular weight is 563 g/mol. The first-order valence-corrected chi connectivity index (χ1v) is 15.4. The largest absolute Gasteiger partial charge is 0.333 e. The van der Waals surface area contributed by atoms with Crippen molar-refractivity contribution in [2.45, 2.75) is 12.0 Å². The lowest BCUT2D eigenvalue weighted by atomic mass is 9.90. The summed E-state index contributed by atoms with van der Waals surface area (Å²) in [6.45, 7) is 0. The Morgan fingerprint density at radius 2 is 1.07 bits per heavy atom. The van der Waals surface area contributed by atoms with Crippen LogP contribution in [-0.4, -0.2) is 10.6 Å². The third-order valence-corrected chi connectivity index (χ3v) is 9.33. The molecule has 0 amide bonds. The molecule has 208 valence electrons. The van der Waals surface area contributed by atoms with Gasteiger partial charge in [-0.05, 0) is 70.3 Å². The molecule has 9 rings (SSSR count). The Bertz CT molecular complexity index is 2220. The molecule has 1 aliphatic carbocycles. The van der Waals surface area contributed by atoms with Gasteiger partial charge in [-0.25, -0.2) is 0 Å². The molecule has 2 unspecified atom stereocenters. The van der Waals surface area contributed by atoms with E-state index in [1.54, 1.807) is 0 Å². The van der Waals surface area contributed by atoms with Gasteiger partial charge in [-0.15, -0.1) is 0 Å². The molecule has 2 nitrogen and oxygen atoms in total. The summed E-state index contributed by atoms with van der Waals surface area (Å²) in [5, 5.41) is 2.54. The Kier molecular flexibility index (Phi) is 5.67. The van der Waals surface area contributed by atoms with Crippen molar-refractivity contribution in [2.24, 2.45) is 0 Å². The Morgan fingerprint density at radius 3 is 1.91 bits per heavy atom. The van der Waals surface area contributed by atoms with Gasteiger partial charge in [0.25, 0.3) is 0 Å². The van der Waals surface area contributed by atoms with Crippen LogP contribution in [0.5, 0.6) is 0 Å². The molecule has 7 aromatic rings. The minimum atomic E-state index is 0.288. The summed E-state index contributed by atoms with van der Waals surface area (Å²) in [7, 11) is 0. The number of rotatable bonds is 4. The van der Waals surface area contributed by atoms with Crippen LogP contribution in [0.1, 0.15) is 11.5 Å². The maximum absolute atomic E-state index is 2.51. The van der Waals surface area contributed by atoms with Gasteiger partial charge in [0.15, 0.2) is 0 Å². The molecule has 1 aliphatic heterocycles. The van der Waals surface area contributed by atoms with Crippen molar-refractivity contribution in [1.29, 1.82) is 0 Å². The van der Waals surface area contributed by atoms with Gasteiger partial charge in [-0.2, -0.15) is 0 Å². The fraction of sp³-hybridized carbons (Fsp3) is 0.0476. The number of nitrogens with zero attached hydrogens (tertiary/aromatic N) is 2. The number of benzene rings is 6. The second-order valence-electron chi connectivity index (χ2n) is 11.8. The van der Waals surface area contributed by atoms with Gasteiger partial charge in [0.1, 0.15) is 0 Å². The van der Waals surface area contributed by atoms with E-state index in [0.717, 1.165) is 0 Å². The molecule has 0 fully saturated rings. The molecule has 0 bridgehead atoms. The number of aromatic nitrogens is 1. The minimum Gasteiger partial charge on any atom is -0.333 e. The monoisotopic (exact) mass is 562 g/mol. The fourth-order valence-electron chi connectivity index (χ4n) is 7.27. The van der Waals surface area contributed by atoms with Gasteiger partial charge in [0.2, 0.25) is 0 Å². The number of allylic oxidation sites excluding steroid dienone is 2. The van der Waals surface area contributed by atoms with E-state index in [-0.39, 0.29) is 6.04 Å². The van der Waals surface area contributed by atoms with Crippen LogP contribution in [0.4, 0.5) is 11.4 Å². The van der Waals surface area contributed by atoms with Gasteiger partial charge < -0.3 is 9.47 Å². The molecule has 0 N–H and O–H groups in total. The lowest BCUT2D eigenvalue weighted by Crippen LogP contribution is -2.28. The van der Waals surface area contributed by atoms with Crippen molar-refractivity contribution < 1.29 is 0 Å². The molecule has 0 radical (unpaired) electrons. The van der Waals surface area contributed by atoms with Gasteiger partial charge >= 0.3 is 0 Å². The van der Waals surface area contributed by atoms with Gasteiger partial charge in [0, 0.05) is 33.8 Å². The Balaban J connectivity index is 1.19. The van der Waals surface area contributed by atoms with E-state index in [1.165, 1.54) is 66.7 Å². The Hall–Kier alpha value is -5.60. The highest BCUT2D eigenvalue weighted by Gasteiger charge is 2.37. The first-order valence-electron chi connectivity index (χ1n) is 15.4. The minimum absolute atomic E-state index is 0.288. The lowest BCUT2D eigenvalue weighted by Gasteiger charge is -2.28. The maximum Gasteiger partial charge on any atom is 0.0629 e. The topological polar surface area (TPSA) is 8.17 Å². The number of para-hydroxylation sites is 2. The zero-order valence-electron chi connectivity index (χ0n) is 24.2. The van der Waals surface area contributed by atoms with Crippen LogP contribution in [-0.2, 0) is 0 Å². The molecule has 2 aliphatic rings. The fourth-order valence-corrected chi connectivity index (χ4v) is 7.27. The average Bonchev–Trinajstić information content (AvgIpc) is 3.61. The van der Waals surface area contributed by atoms with Crippen molar-refractivity contribution in [1.82, 2.24) is 4.57 Å². The van der Waals surface area contributed by atoms with Crippen LogP contribution in [0.2, 0.25) is 0 Å². The molecule has 0 saturated heterocycles. The smallest absolute Gasteiger partial charge is 0.0629 e. The molecule has 6 aromatic carbocycles. The van der Waals surface area contributed by atoms with Crippen LogP contribution in [0.3, 0.4) is 0 Å². The zero-order chi connectivity index (χ0) is 29.0. The van der Waals surface area contributed by atoms with E-state index >= 15 is 0 Å². The highest BCUT2D eigenvalue weighted by Crippen LogP contribution is 2.49. The number of fused-ring (bicyclic) bond motifs is 6. The number of hydrogen-bond donors (Lipinski definition) is 0. The predicted molar refractivity (Wildman–Crippen MR) is 185 cm³/mol. The lowest BCUT2D eigenvalue weighted by molar-refractivity contribution is 0.745. The molecular formula is C42H30N2. The van der Waals surface area contributed by atoms with Gasteiger partial charge in [0.05, 0.1) is 17.1 Å². The maximum atomic E-state index is 2.51. The standard InChI is InChI=1S/C42H30N2/c1-3-11-29(12-4-1)30-19-23-34(24-20-30)44-40-18-10-8-16-36(40)38-26-22-32(28-42(38)44)31-21-25-37-35-15-7-9-17-39(35)43(41(37)27-31)33-13-5-2-6-14-33/h1-28,35,39H. The normalized spacial score (nSPS) is 16.9. The van der Waals surface area contributed by atoms with E-state index < -0.39 is 0 Å². The van der Waals surface area contributed by atoms with Crippen molar-refractivity contribution in [3.63, 3.8) is 0 Å². The van der Waals surface area contributed by atoms with E-state index in [9.17, 15) is 0 Å². The van der Waals surface area contributed by atoms with E-state index in [1.807, 2.05) is 0 Å². The molecule has 0 spiro atoms. The summed E-state index contributed by atoms with van der Waals surface area (Å²) >= 11 is 0. The Morgan fingerprint density at radius 1 is 0.432 bits per heavy atom. The van der Waals surface area contributed by atoms with Gasteiger partial charge in [-0.1, -0.05) is 127 Å². The summed E-state index contributed by atoms with van der Waals surface area (Å²) in [6, 6.07) is 53.4. The number of hydrogen-bond acceptors (Lipinski definition) is 1. The number of anilines is 2. The summed E-state index contributed by atoms with van der Waals surface area (Å²) in [4.78, 5) is 2.51. The van der Waals surface area contributed by atoms with Crippen LogP contribution < -0.4 is 4.90 Å². The molecule has 1 aromatic heterocycles. The van der Waals surface area contributed by atoms with Gasteiger partial charge in [-0.3, -0.25) is 0 Å². The zero-order valence-corrected chi connectivity index (χ0v) is 24.2. The molecule has 0 saturated carbocycles. The van der Waals surface area contributed by atoms with Crippen LogP contribution >= 0.6 is 0 Å². The highest BCUT2D eigenvalue weighted by molar-refractivity contribution is 6.10. The molecule has 2 atom stereocenters. The van der Waals surface area contributed by atoms with Crippen molar-refractivity contribution in [3.8, 4) is 27.9 Å². The van der Waals surface area contributed by atoms with Crippen molar-refractivity contribution in [3.05, 3.63) is 175 Å². The van der Waals surface area contributed by atoms with Crippen molar-refractivity contribution in [2.75, 3.05) is 4.90 Å². The SMILES string of the molecule is C1=CC2c3ccc(-c4ccc5c6ccccc6n(-c6ccc(-c7ccccc7)cc6)c5c4)cc3N(c3ccccc3)C2C=C1. The van der Waals surface area contributed by atoms with E-state index in [0.29, 0.717) is 5.92 Å². The van der Waals surface area contributed by atoms with Crippen LogP contribution in [0.25, 0.3) is 49.7 Å². The summed E-state index contributed by atoms with van der Waals surface area (Å²) in [6.07, 6.45) is 9.06. The molecular weight excluding hydrogens is 532 g/mol. The second-order valence-corrected chi connectivity index (χ2v) is 11.8. The summed E-state index contributed by atoms with van der Waals surface area (Å²) in [5.41, 5.74) is 12.4. The first kappa shape index (κ1) is 24.9. The molecule has 44 heavy (non-hydrogen) atoms.